The summed E-state index contributed by atoms with van der Waals surface area (Å²) >= 11 is 0. The molecular weight excluding hydrogens is 965 g/mol. The summed E-state index contributed by atoms with van der Waals surface area (Å²) in [5, 5.41) is 5.22. The van der Waals surface area contributed by atoms with Gasteiger partial charge in [0.25, 0.3) is 0 Å². The average Bonchev–Trinajstić information content (AvgIpc) is 4.02. The Morgan fingerprint density at radius 3 is 1.76 bits per heavy atom. The SMILES string of the molecule is CC1C=CC=C(n2c3ccccc3c3cccc(-c4ccccc4N(c4ccc(-c5ccc6c(c5)C(c5ccccc5)(c5ccccc5)c5ccccc5-6)cc4)c4ccccc4-c4cccc5cccc(C6CCCCC6)c45)c32)C1. The fraction of sp³-hybridized carbons (Fsp3) is 0.128. The van der Waals surface area contributed by atoms with Crippen molar-refractivity contribution in [3.63, 3.8) is 0 Å². The first-order chi connectivity index (χ1) is 39.6. The number of rotatable bonds is 10. The Morgan fingerprint density at radius 2 is 1.02 bits per heavy atom. The molecule has 0 spiro atoms. The van der Waals surface area contributed by atoms with Gasteiger partial charge in [-0.1, -0.05) is 257 Å². The second-order valence-electron chi connectivity index (χ2n) is 22.6. The summed E-state index contributed by atoms with van der Waals surface area (Å²) in [6.45, 7) is 2.33. The smallest absolute Gasteiger partial charge is 0.0713 e. The zero-order chi connectivity index (χ0) is 53.2. The van der Waals surface area contributed by atoms with E-state index >= 15 is 0 Å². The van der Waals surface area contributed by atoms with Gasteiger partial charge in [0.1, 0.15) is 0 Å². The van der Waals surface area contributed by atoms with Gasteiger partial charge in [0.05, 0.1) is 27.8 Å². The molecule has 0 radical (unpaired) electrons. The van der Waals surface area contributed by atoms with Crippen molar-refractivity contribution in [3.8, 4) is 44.5 Å². The van der Waals surface area contributed by atoms with Crippen LogP contribution in [0.15, 0.2) is 273 Å². The highest BCUT2D eigenvalue weighted by atomic mass is 15.1. The average molecular weight is 1030 g/mol. The van der Waals surface area contributed by atoms with Gasteiger partial charge in [0.15, 0.2) is 0 Å². The Hall–Kier alpha value is -9.24. The van der Waals surface area contributed by atoms with Crippen molar-refractivity contribution in [3.05, 3.63) is 301 Å². The van der Waals surface area contributed by atoms with Gasteiger partial charge in [0, 0.05) is 38.8 Å². The van der Waals surface area contributed by atoms with Crippen molar-refractivity contribution in [1.82, 2.24) is 4.57 Å². The lowest BCUT2D eigenvalue weighted by atomic mass is 9.67. The lowest BCUT2D eigenvalue weighted by molar-refractivity contribution is 0.445. The summed E-state index contributed by atoms with van der Waals surface area (Å²) in [5.74, 6) is 0.991. The highest BCUT2D eigenvalue weighted by Crippen LogP contribution is 2.57. The number of allylic oxidation sites excluding steroid dienone is 4. The van der Waals surface area contributed by atoms with Crippen molar-refractivity contribution in [2.24, 2.45) is 5.92 Å². The molecule has 3 aliphatic carbocycles. The summed E-state index contributed by atoms with van der Waals surface area (Å²) in [5.41, 5.74) is 23.2. The van der Waals surface area contributed by atoms with Crippen LogP contribution in [0, 0.1) is 5.92 Å². The number of fused-ring (bicyclic) bond motifs is 7. The van der Waals surface area contributed by atoms with Crippen LogP contribution in [-0.4, -0.2) is 4.57 Å². The molecule has 1 fully saturated rings. The number of aromatic nitrogens is 1. The minimum absolute atomic E-state index is 0.441. The van der Waals surface area contributed by atoms with Gasteiger partial charge in [-0.25, -0.2) is 0 Å². The number of anilines is 3. The van der Waals surface area contributed by atoms with E-state index in [4.69, 9.17) is 0 Å². The summed E-state index contributed by atoms with van der Waals surface area (Å²) in [6.07, 6.45) is 14.3. The van der Waals surface area contributed by atoms with Crippen LogP contribution in [0.3, 0.4) is 0 Å². The Balaban J connectivity index is 0.941. The fourth-order valence-electron chi connectivity index (χ4n) is 14.5. The van der Waals surface area contributed by atoms with E-state index in [1.165, 1.54) is 143 Å². The second kappa shape index (κ2) is 19.9. The summed E-state index contributed by atoms with van der Waals surface area (Å²) in [6, 6.07) is 96.1. The van der Waals surface area contributed by atoms with Gasteiger partial charge < -0.3 is 9.47 Å². The Labute approximate surface area is 470 Å². The van der Waals surface area contributed by atoms with E-state index in [0.29, 0.717) is 11.8 Å². The van der Waals surface area contributed by atoms with Gasteiger partial charge in [-0.3, -0.25) is 0 Å². The van der Waals surface area contributed by atoms with Gasteiger partial charge >= 0.3 is 0 Å². The van der Waals surface area contributed by atoms with Gasteiger partial charge in [-0.05, 0) is 140 Å². The summed E-state index contributed by atoms with van der Waals surface area (Å²) in [7, 11) is 0. The minimum atomic E-state index is -0.482. The molecule has 1 heterocycles. The molecule has 0 saturated heterocycles. The number of hydrogen-bond donors (Lipinski definition) is 0. The van der Waals surface area contributed by atoms with Crippen molar-refractivity contribution in [1.29, 1.82) is 0 Å². The number of benzene rings is 11. The zero-order valence-corrected chi connectivity index (χ0v) is 45.3. The summed E-state index contributed by atoms with van der Waals surface area (Å²) in [4.78, 5) is 2.56. The lowest BCUT2D eigenvalue weighted by Crippen LogP contribution is -2.28. The third-order valence-electron chi connectivity index (χ3n) is 18.0. The quantitative estimate of drug-likeness (QED) is 0.133. The minimum Gasteiger partial charge on any atom is -0.312 e. The molecule has 1 unspecified atom stereocenters. The van der Waals surface area contributed by atoms with Crippen LogP contribution in [0.25, 0.3) is 82.8 Å². The van der Waals surface area contributed by atoms with Crippen LogP contribution in [0.1, 0.15) is 79.2 Å². The van der Waals surface area contributed by atoms with E-state index in [-0.39, 0.29) is 0 Å². The van der Waals surface area contributed by atoms with Crippen LogP contribution >= 0.6 is 0 Å². The van der Waals surface area contributed by atoms with Crippen molar-refractivity contribution < 1.29 is 0 Å². The van der Waals surface area contributed by atoms with Gasteiger partial charge in [-0.15, -0.1) is 0 Å². The molecule has 12 aromatic rings. The molecule has 0 amide bonds. The lowest BCUT2D eigenvalue weighted by Gasteiger charge is -2.34. The van der Waals surface area contributed by atoms with Crippen LogP contribution < -0.4 is 4.90 Å². The fourth-order valence-corrected chi connectivity index (χ4v) is 14.5. The molecule has 3 aliphatic rings. The highest BCUT2D eigenvalue weighted by Gasteiger charge is 2.46. The van der Waals surface area contributed by atoms with Gasteiger partial charge in [0.2, 0.25) is 0 Å². The molecule has 11 aromatic carbocycles. The monoisotopic (exact) mass is 1030 g/mol. The first-order valence-corrected chi connectivity index (χ1v) is 29.0. The molecule has 0 N–H and O–H groups in total. The van der Waals surface area contributed by atoms with Gasteiger partial charge in [-0.2, -0.15) is 0 Å². The molecule has 1 aromatic heterocycles. The molecular formula is C78H62N2. The molecule has 0 bridgehead atoms. The van der Waals surface area contributed by atoms with Crippen molar-refractivity contribution in [2.75, 3.05) is 4.90 Å². The molecule has 1 saturated carbocycles. The first kappa shape index (κ1) is 47.9. The van der Waals surface area contributed by atoms with Crippen LogP contribution in [-0.2, 0) is 5.41 Å². The molecule has 0 aliphatic heterocycles. The van der Waals surface area contributed by atoms with E-state index in [9.17, 15) is 0 Å². The molecule has 15 rings (SSSR count). The first-order valence-electron chi connectivity index (χ1n) is 29.0. The second-order valence-corrected chi connectivity index (χ2v) is 22.6. The maximum atomic E-state index is 2.56. The topological polar surface area (TPSA) is 8.17 Å². The number of para-hydroxylation sites is 4. The predicted octanol–water partition coefficient (Wildman–Crippen LogP) is 21.3. The van der Waals surface area contributed by atoms with Crippen LogP contribution in [0.2, 0.25) is 0 Å². The normalized spacial score (nSPS) is 15.7. The van der Waals surface area contributed by atoms with E-state index in [2.05, 4.69) is 289 Å². The van der Waals surface area contributed by atoms with Crippen LogP contribution in [0.5, 0.6) is 0 Å². The standard InChI is InChI=1S/C78H62N2/c1-53-23-19-32-61(51-53)80-75-44-18-14-36-67(75)70-40-22-39-69(77(70)80)66-35-13-17-43-74(66)79(73-42-16-12-34-65(73)68-38-21-27-56-26-20-37-62(76(56)68)55-24-5-2-6-25-55)60-48-45-54(46-49-60)57-47-50-64-63-33-11-15-41-71(63)78(72(64)52-57,58-28-7-3-8-29-58)59-30-9-4-10-31-59/h3-4,7-23,26-50,52-53,55H,2,5-6,24-25,51H2,1H3. The zero-order valence-electron chi connectivity index (χ0n) is 45.3. The Morgan fingerprint density at radius 1 is 0.450 bits per heavy atom. The predicted molar refractivity (Wildman–Crippen MR) is 338 cm³/mol. The molecule has 80 heavy (non-hydrogen) atoms. The molecule has 1 atom stereocenters. The van der Waals surface area contributed by atoms with Crippen molar-refractivity contribution in [2.45, 2.75) is 56.8 Å². The Bertz CT molecular complexity index is 4330. The van der Waals surface area contributed by atoms with E-state index in [0.717, 1.165) is 23.5 Å². The third kappa shape index (κ3) is 7.76. The highest BCUT2D eigenvalue weighted by molar-refractivity contribution is 6.16. The maximum absolute atomic E-state index is 2.56. The number of nitrogens with zero attached hydrogens (tertiary/aromatic N) is 2. The van der Waals surface area contributed by atoms with E-state index in [1.54, 1.807) is 0 Å². The van der Waals surface area contributed by atoms with Crippen molar-refractivity contribution >= 4 is 55.3 Å². The van der Waals surface area contributed by atoms with E-state index < -0.39 is 5.41 Å². The van der Waals surface area contributed by atoms with Crippen LogP contribution in [0.4, 0.5) is 17.1 Å². The third-order valence-corrected chi connectivity index (χ3v) is 18.0. The maximum Gasteiger partial charge on any atom is 0.0713 e. The van der Waals surface area contributed by atoms with E-state index in [1.807, 2.05) is 0 Å². The molecule has 384 valence electrons. The molecule has 2 nitrogen and oxygen atoms in total. The summed E-state index contributed by atoms with van der Waals surface area (Å²) < 4.78 is 2.56. The number of hydrogen-bond acceptors (Lipinski definition) is 1. The molecule has 2 heteroatoms. The largest absolute Gasteiger partial charge is 0.312 e. The Kier molecular flexibility index (Phi) is 11.9.